The summed E-state index contributed by atoms with van der Waals surface area (Å²) in [5, 5.41) is 2.57. The summed E-state index contributed by atoms with van der Waals surface area (Å²) in [6.07, 6.45) is 6.30. The molecule has 3 heterocycles. The fourth-order valence-corrected chi connectivity index (χ4v) is 3.52. The van der Waals surface area contributed by atoms with Crippen LogP contribution in [-0.2, 0) is 25.7 Å². The maximum absolute atomic E-state index is 12.2. The molecule has 2 fully saturated rings. The van der Waals surface area contributed by atoms with E-state index in [0.29, 0.717) is 19.8 Å². The molecule has 7 heteroatoms. The molecule has 1 N–H and O–H groups in total. The number of hydrogen-bond acceptors (Lipinski definition) is 5. The third kappa shape index (κ3) is 4.76. The van der Waals surface area contributed by atoms with Gasteiger partial charge in [-0.15, -0.1) is 0 Å². The summed E-state index contributed by atoms with van der Waals surface area (Å²) < 4.78 is 11.9. The largest absolute Gasteiger partial charge is 0.374 e. The molecule has 2 aliphatic heterocycles. The lowest BCUT2D eigenvalue weighted by Gasteiger charge is -2.36. The number of likely N-dealkylation sites (tertiary alicyclic amines) is 1. The van der Waals surface area contributed by atoms with E-state index in [9.17, 15) is 9.59 Å². The average molecular weight is 347 g/mol. The van der Waals surface area contributed by atoms with Gasteiger partial charge < -0.3 is 19.7 Å². The standard InChI is InChI=1S/C18H25N3O4/c1-13(22)20-10-18(23)21-9-6-17-16(21)3-2-15(25-17)12-24-11-14-4-7-19-8-5-14/h4-5,7-8,15-17H,2-3,6,9-12H2,1H3,(H,20,22)/t15-,16+,17+/m1/s1. The minimum atomic E-state index is -0.185. The molecule has 3 rings (SSSR count). The molecule has 0 bridgehead atoms. The second kappa shape index (κ2) is 8.40. The Morgan fingerprint density at radius 1 is 1.32 bits per heavy atom. The molecular weight excluding hydrogens is 322 g/mol. The number of amides is 2. The Kier molecular flexibility index (Phi) is 5.99. The van der Waals surface area contributed by atoms with E-state index in [2.05, 4.69) is 10.3 Å². The van der Waals surface area contributed by atoms with Gasteiger partial charge in [-0.1, -0.05) is 0 Å². The predicted octanol–water partition coefficient (Wildman–Crippen LogP) is 0.883. The molecule has 1 aromatic heterocycles. The summed E-state index contributed by atoms with van der Waals surface area (Å²) in [7, 11) is 0. The maximum atomic E-state index is 12.2. The number of rotatable bonds is 6. The van der Waals surface area contributed by atoms with Crippen molar-refractivity contribution in [2.24, 2.45) is 0 Å². The van der Waals surface area contributed by atoms with Gasteiger partial charge in [0.05, 0.1) is 38.0 Å². The van der Waals surface area contributed by atoms with Crippen LogP contribution in [0.25, 0.3) is 0 Å². The topological polar surface area (TPSA) is 80.8 Å². The van der Waals surface area contributed by atoms with Crippen LogP contribution in [0.5, 0.6) is 0 Å². The smallest absolute Gasteiger partial charge is 0.242 e. The molecular formula is C18H25N3O4. The van der Waals surface area contributed by atoms with Gasteiger partial charge in [0.15, 0.2) is 0 Å². The second-order valence-electron chi connectivity index (χ2n) is 6.60. The fraction of sp³-hybridized carbons (Fsp3) is 0.611. The number of carbonyl (C=O) groups excluding carboxylic acids is 2. The number of pyridine rings is 1. The van der Waals surface area contributed by atoms with E-state index in [-0.39, 0.29) is 36.6 Å². The van der Waals surface area contributed by atoms with Crippen LogP contribution in [0.2, 0.25) is 0 Å². The minimum Gasteiger partial charge on any atom is -0.374 e. The van der Waals surface area contributed by atoms with Gasteiger partial charge in [-0.2, -0.15) is 0 Å². The molecule has 1 aromatic rings. The van der Waals surface area contributed by atoms with E-state index in [0.717, 1.165) is 24.8 Å². The first kappa shape index (κ1) is 17.8. The Morgan fingerprint density at radius 2 is 2.12 bits per heavy atom. The zero-order chi connectivity index (χ0) is 17.6. The summed E-state index contributed by atoms with van der Waals surface area (Å²) in [5.74, 6) is -0.214. The summed E-state index contributed by atoms with van der Waals surface area (Å²) in [4.78, 5) is 29.1. The maximum Gasteiger partial charge on any atom is 0.242 e. The van der Waals surface area contributed by atoms with Crippen molar-refractivity contribution in [3.8, 4) is 0 Å². The van der Waals surface area contributed by atoms with Crippen LogP contribution < -0.4 is 5.32 Å². The molecule has 136 valence electrons. The van der Waals surface area contributed by atoms with Crippen molar-refractivity contribution in [3.05, 3.63) is 30.1 Å². The van der Waals surface area contributed by atoms with E-state index in [4.69, 9.17) is 9.47 Å². The second-order valence-corrected chi connectivity index (χ2v) is 6.60. The first-order valence-corrected chi connectivity index (χ1v) is 8.79. The van der Waals surface area contributed by atoms with E-state index in [1.54, 1.807) is 12.4 Å². The van der Waals surface area contributed by atoms with Gasteiger partial charge in [0, 0.05) is 25.9 Å². The third-order valence-electron chi connectivity index (χ3n) is 4.77. The van der Waals surface area contributed by atoms with Crippen LogP contribution in [-0.4, -0.2) is 59.6 Å². The van der Waals surface area contributed by atoms with Crippen molar-refractivity contribution in [2.45, 2.75) is 51.0 Å². The molecule has 0 unspecified atom stereocenters. The number of ether oxygens (including phenoxy) is 2. The van der Waals surface area contributed by atoms with E-state index >= 15 is 0 Å². The molecule has 0 aliphatic carbocycles. The molecule has 2 amide bonds. The molecule has 7 nitrogen and oxygen atoms in total. The van der Waals surface area contributed by atoms with Crippen LogP contribution in [0, 0.1) is 0 Å². The van der Waals surface area contributed by atoms with Crippen LogP contribution in [0.3, 0.4) is 0 Å². The monoisotopic (exact) mass is 347 g/mol. The molecule has 0 spiro atoms. The van der Waals surface area contributed by atoms with Crippen molar-refractivity contribution in [2.75, 3.05) is 19.7 Å². The Bertz CT molecular complexity index is 595. The Balaban J connectivity index is 1.42. The molecule has 3 atom stereocenters. The molecule has 25 heavy (non-hydrogen) atoms. The van der Waals surface area contributed by atoms with Crippen LogP contribution in [0.1, 0.15) is 31.7 Å². The predicted molar refractivity (Wildman–Crippen MR) is 90.6 cm³/mol. The number of hydrogen-bond donors (Lipinski definition) is 1. The van der Waals surface area contributed by atoms with Crippen molar-refractivity contribution < 1.29 is 19.1 Å². The van der Waals surface area contributed by atoms with Gasteiger partial charge in [-0.05, 0) is 37.0 Å². The van der Waals surface area contributed by atoms with Crippen LogP contribution in [0.15, 0.2) is 24.5 Å². The van der Waals surface area contributed by atoms with Crippen molar-refractivity contribution >= 4 is 11.8 Å². The minimum absolute atomic E-state index is 0.0290. The molecule has 0 aromatic carbocycles. The molecule has 0 radical (unpaired) electrons. The van der Waals surface area contributed by atoms with Gasteiger partial charge >= 0.3 is 0 Å². The van der Waals surface area contributed by atoms with Gasteiger partial charge in [0.1, 0.15) is 0 Å². The van der Waals surface area contributed by atoms with Crippen molar-refractivity contribution in [1.82, 2.24) is 15.2 Å². The van der Waals surface area contributed by atoms with E-state index in [1.165, 1.54) is 6.92 Å². The van der Waals surface area contributed by atoms with Gasteiger partial charge in [0.25, 0.3) is 0 Å². The van der Waals surface area contributed by atoms with Crippen LogP contribution >= 0.6 is 0 Å². The van der Waals surface area contributed by atoms with Gasteiger partial charge in [-0.3, -0.25) is 14.6 Å². The van der Waals surface area contributed by atoms with E-state index in [1.807, 2.05) is 17.0 Å². The SMILES string of the molecule is CC(=O)NCC(=O)N1CC[C@@H]2O[C@@H](COCc3ccncc3)CC[C@@H]21. The number of fused-ring (bicyclic) bond motifs is 1. The number of carbonyl (C=O) groups is 2. The summed E-state index contributed by atoms with van der Waals surface area (Å²) in [6.45, 7) is 3.29. The summed E-state index contributed by atoms with van der Waals surface area (Å²) in [5.41, 5.74) is 1.10. The summed E-state index contributed by atoms with van der Waals surface area (Å²) >= 11 is 0. The zero-order valence-corrected chi connectivity index (χ0v) is 14.5. The Morgan fingerprint density at radius 3 is 2.88 bits per heavy atom. The number of nitrogens with one attached hydrogen (secondary N) is 1. The number of aromatic nitrogens is 1. The normalized spacial score (nSPS) is 25.5. The van der Waals surface area contributed by atoms with Crippen molar-refractivity contribution in [1.29, 1.82) is 0 Å². The van der Waals surface area contributed by atoms with Crippen molar-refractivity contribution in [3.63, 3.8) is 0 Å². The Hall–Kier alpha value is -1.99. The van der Waals surface area contributed by atoms with E-state index < -0.39 is 0 Å². The highest BCUT2D eigenvalue weighted by Crippen LogP contribution is 2.31. The molecule has 0 saturated carbocycles. The number of nitrogens with zero attached hydrogens (tertiary/aromatic N) is 2. The first-order chi connectivity index (χ1) is 12.1. The van der Waals surface area contributed by atoms with Gasteiger partial charge in [-0.25, -0.2) is 0 Å². The molecule has 2 aliphatic rings. The highest BCUT2D eigenvalue weighted by Gasteiger charge is 2.41. The Labute approximate surface area is 147 Å². The lowest BCUT2D eigenvalue weighted by molar-refractivity contribution is -0.139. The highest BCUT2D eigenvalue weighted by atomic mass is 16.5. The lowest BCUT2D eigenvalue weighted by atomic mass is 9.99. The third-order valence-corrected chi connectivity index (χ3v) is 4.77. The summed E-state index contributed by atoms with van der Waals surface area (Å²) in [6, 6.07) is 4.00. The zero-order valence-electron chi connectivity index (χ0n) is 14.5. The lowest BCUT2D eigenvalue weighted by Crippen LogP contribution is -2.48. The average Bonchev–Trinajstić information content (AvgIpc) is 3.04. The fourth-order valence-electron chi connectivity index (χ4n) is 3.52. The quantitative estimate of drug-likeness (QED) is 0.826. The van der Waals surface area contributed by atoms with Crippen LogP contribution in [0.4, 0.5) is 0 Å². The van der Waals surface area contributed by atoms with Gasteiger partial charge in [0.2, 0.25) is 11.8 Å². The first-order valence-electron chi connectivity index (χ1n) is 8.79. The molecule has 2 saturated heterocycles. The highest BCUT2D eigenvalue weighted by molar-refractivity contribution is 5.84.